The Morgan fingerprint density at radius 1 is 1.33 bits per heavy atom. The summed E-state index contributed by atoms with van der Waals surface area (Å²) in [5.41, 5.74) is 2.39. The molecule has 5 heteroatoms. The van der Waals surface area contributed by atoms with Gasteiger partial charge in [-0.2, -0.15) is 0 Å². The molecule has 1 atom stereocenters. The molecule has 1 aliphatic carbocycles. The second-order valence-electron chi connectivity index (χ2n) is 5.53. The molecule has 1 aromatic carbocycles. The van der Waals surface area contributed by atoms with E-state index in [0.717, 1.165) is 17.8 Å². The Labute approximate surface area is 123 Å². The fraction of sp³-hybridized carbons (Fsp3) is 0.375. The highest BCUT2D eigenvalue weighted by Crippen LogP contribution is 2.32. The summed E-state index contributed by atoms with van der Waals surface area (Å²) in [7, 11) is 0. The van der Waals surface area contributed by atoms with Crippen LogP contribution in [0.25, 0.3) is 5.69 Å². The number of carbonyl (C=O) groups excluding carboxylic acids is 1. The van der Waals surface area contributed by atoms with E-state index in [1.54, 1.807) is 16.8 Å². The number of aromatic nitrogens is 2. The van der Waals surface area contributed by atoms with Gasteiger partial charge in [0.05, 0.1) is 16.9 Å². The number of Topliss-reactive ketones (excluding diaryl/α,β-unsaturated/α-hetero) is 1. The zero-order valence-corrected chi connectivity index (χ0v) is 12.2. The molecule has 0 fully saturated rings. The topological polar surface area (TPSA) is 46.9 Å². The van der Waals surface area contributed by atoms with E-state index in [9.17, 15) is 9.18 Å². The van der Waals surface area contributed by atoms with E-state index in [1.807, 2.05) is 6.92 Å². The smallest absolute Gasteiger partial charge is 0.168 e. The van der Waals surface area contributed by atoms with Crippen molar-refractivity contribution >= 4 is 11.6 Å². The van der Waals surface area contributed by atoms with E-state index >= 15 is 0 Å². The molecule has 0 bridgehead atoms. The van der Waals surface area contributed by atoms with Crippen molar-refractivity contribution in [3.05, 3.63) is 41.3 Å². The van der Waals surface area contributed by atoms with Gasteiger partial charge in [0.15, 0.2) is 11.6 Å². The maximum atomic E-state index is 13.1. The molecule has 21 heavy (non-hydrogen) atoms. The van der Waals surface area contributed by atoms with Gasteiger partial charge in [0.1, 0.15) is 5.82 Å². The number of hydrogen-bond donors (Lipinski definition) is 1. The van der Waals surface area contributed by atoms with Crippen LogP contribution in [0, 0.1) is 11.7 Å². The molecule has 0 amide bonds. The zero-order chi connectivity index (χ0) is 15.0. The average Bonchev–Trinajstić information content (AvgIpc) is 2.79. The van der Waals surface area contributed by atoms with Crippen molar-refractivity contribution in [3.8, 4) is 5.69 Å². The van der Waals surface area contributed by atoms with Crippen LogP contribution in [0.4, 0.5) is 10.2 Å². The maximum absolute atomic E-state index is 13.1. The summed E-state index contributed by atoms with van der Waals surface area (Å²) in [5.74, 6) is 0.785. The predicted octanol–water partition coefficient (Wildman–Crippen LogP) is 3.21. The van der Waals surface area contributed by atoms with Crippen LogP contribution in [0.15, 0.2) is 24.3 Å². The first-order chi connectivity index (χ1) is 10.1. The standard InChI is InChI=1S/C16H18FN3O/c1-3-18-16-15-13(8-10(2)9-14(15)21)20(19-16)12-6-4-11(17)5-7-12/h4-7,10H,3,8-9H2,1-2H3,(H,18,19). The second-order valence-corrected chi connectivity index (χ2v) is 5.53. The third-order valence-corrected chi connectivity index (χ3v) is 3.75. The number of halogens is 1. The average molecular weight is 287 g/mol. The fourth-order valence-electron chi connectivity index (χ4n) is 2.84. The van der Waals surface area contributed by atoms with Crippen molar-refractivity contribution in [3.63, 3.8) is 0 Å². The summed E-state index contributed by atoms with van der Waals surface area (Å²) in [5, 5.41) is 7.68. The number of benzene rings is 1. The number of anilines is 1. The summed E-state index contributed by atoms with van der Waals surface area (Å²) >= 11 is 0. The van der Waals surface area contributed by atoms with E-state index in [-0.39, 0.29) is 11.6 Å². The van der Waals surface area contributed by atoms with Gasteiger partial charge in [0.2, 0.25) is 0 Å². The van der Waals surface area contributed by atoms with Crippen LogP contribution in [0.2, 0.25) is 0 Å². The van der Waals surface area contributed by atoms with Crippen LogP contribution < -0.4 is 5.32 Å². The van der Waals surface area contributed by atoms with E-state index in [2.05, 4.69) is 17.3 Å². The van der Waals surface area contributed by atoms with Crippen LogP contribution in [0.5, 0.6) is 0 Å². The number of hydrogen-bond acceptors (Lipinski definition) is 3. The maximum Gasteiger partial charge on any atom is 0.168 e. The molecule has 1 unspecified atom stereocenters. The van der Waals surface area contributed by atoms with E-state index < -0.39 is 0 Å². The van der Waals surface area contributed by atoms with Crippen LogP contribution in [-0.2, 0) is 6.42 Å². The van der Waals surface area contributed by atoms with E-state index in [1.165, 1.54) is 12.1 Å². The molecule has 1 aromatic heterocycles. The van der Waals surface area contributed by atoms with Crippen molar-refractivity contribution < 1.29 is 9.18 Å². The van der Waals surface area contributed by atoms with Gasteiger partial charge in [0.25, 0.3) is 0 Å². The number of rotatable bonds is 3. The van der Waals surface area contributed by atoms with Gasteiger partial charge in [0, 0.05) is 13.0 Å². The van der Waals surface area contributed by atoms with Gasteiger partial charge >= 0.3 is 0 Å². The molecular formula is C16H18FN3O. The predicted molar refractivity (Wildman–Crippen MR) is 79.5 cm³/mol. The molecule has 0 saturated heterocycles. The Morgan fingerprint density at radius 3 is 2.71 bits per heavy atom. The lowest BCUT2D eigenvalue weighted by Crippen LogP contribution is -2.20. The van der Waals surface area contributed by atoms with E-state index in [4.69, 9.17) is 0 Å². The Morgan fingerprint density at radius 2 is 2.05 bits per heavy atom. The van der Waals surface area contributed by atoms with Gasteiger partial charge < -0.3 is 5.32 Å². The molecule has 2 aromatic rings. The third kappa shape index (κ3) is 2.44. The van der Waals surface area contributed by atoms with Crippen LogP contribution in [0.1, 0.15) is 36.3 Å². The second kappa shape index (κ2) is 5.31. The number of fused-ring (bicyclic) bond motifs is 1. The lowest BCUT2D eigenvalue weighted by molar-refractivity contribution is 0.0953. The minimum atomic E-state index is -0.281. The summed E-state index contributed by atoms with van der Waals surface area (Å²) in [4.78, 5) is 12.3. The van der Waals surface area contributed by atoms with Crippen molar-refractivity contribution in [2.75, 3.05) is 11.9 Å². The molecule has 110 valence electrons. The summed E-state index contributed by atoms with van der Waals surface area (Å²) < 4.78 is 14.9. The lowest BCUT2D eigenvalue weighted by Gasteiger charge is -2.19. The molecular weight excluding hydrogens is 269 g/mol. The number of nitrogens with one attached hydrogen (secondary N) is 1. The van der Waals surface area contributed by atoms with Gasteiger partial charge in [-0.1, -0.05) is 6.92 Å². The van der Waals surface area contributed by atoms with Crippen LogP contribution in [0.3, 0.4) is 0 Å². The molecule has 0 spiro atoms. The number of ketones is 1. The zero-order valence-electron chi connectivity index (χ0n) is 12.2. The Hall–Kier alpha value is -2.17. The largest absolute Gasteiger partial charge is 0.368 e. The quantitative estimate of drug-likeness (QED) is 0.943. The van der Waals surface area contributed by atoms with Crippen LogP contribution in [-0.4, -0.2) is 22.1 Å². The summed E-state index contributed by atoms with van der Waals surface area (Å²) in [6.07, 6.45) is 1.36. The summed E-state index contributed by atoms with van der Waals surface area (Å²) in [6, 6.07) is 6.18. The minimum Gasteiger partial charge on any atom is -0.368 e. The van der Waals surface area contributed by atoms with Crippen molar-refractivity contribution in [1.29, 1.82) is 0 Å². The van der Waals surface area contributed by atoms with Gasteiger partial charge in [-0.15, -0.1) is 5.10 Å². The molecule has 0 aliphatic heterocycles. The fourth-order valence-corrected chi connectivity index (χ4v) is 2.84. The summed E-state index contributed by atoms with van der Waals surface area (Å²) in [6.45, 7) is 4.74. The molecule has 1 heterocycles. The Bertz CT molecular complexity index is 676. The van der Waals surface area contributed by atoms with E-state index in [0.29, 0.717) is 30.3 Å². The Kier molecular flexibility index (Phi) is 3.49. The normalized spacial score (nSPS) is 17.7. The molecule has 3 rings (SSSR count). The first-order valence-corrected chi connectivity index (χ1v) is 7.25. The van der Waals surface area contributed by atoms with Crippen LogP contribution >= 0.6 is 0 Å². The number of nitrogens with zero attached hydrogens (tertiary/aromatic N) is 2. The van der Waals surface area contributed by atoms with Crippen molar-refractivity contribution in [1.82, 2.24) is 9.78 Å². The minimum absolute atomic E-state index is 0.132. The Balaban J connectivity index is 2.15. The van der Waals surface area contributed by atoms with Crippen molar-refractivity contribution in [2.45, 2.75) is 26.7 Å². The van der Waals surface area contributed by atoms with Crippen molar-refractivity contribution in [2.24, 2.45) is 5.92 Å². The molecule has 1 aliphatic rings. The monoisotopic (exact) mass is 287 g/mol. The highest BCUT2D eigenvalue weighted by atomic mass is 19.1. The first-order valence-electron chi connectivity index (χ1n) is 7.25. The van der Waals surface area contributed by atoms with Gasteiger partial charge in [-0.25, -0.2) is 9.07 Å². The highest BCUT2D eigenvalue weighted by Gasteiger charge is 2.30. The first kappa shape index (κ1) is 13.8. The highest BCUT2D eigenvalue weighted by molar-refractivity contribution is 6.02. The lowest BCUT2D eigenvalue weighted by atomic mass is 9.88. The van der Waals surface area contributed by atoms with Gasteiger partial charge in [-0.05, 0) is 43.5 Å². The molecule has 0 radical (unpaired) electrons. The molecule has 4 nitrogen and oxygen atoms in total. The van der Waals surface area contributed by atoms with Gasteiger partial charge in [-0.3, -0.25) is 4.79 Å². The third-order valence-electron chi connectivity index (χ3n) is 3.75. The number of carbonyl (C=O) groups is 1. The molecule has 0 saturated carbocycles. The molecule has 1 N–H and O–H groups in total. The SMILES string of the molecule is CCNc1nn(-c2ccc(F)cc2)c2c1C(=O)CC(C)C2.